The van der Waals surface area contributed by atoms with Gasteiger partial charge in [0, 0.05) is 12.3 Å². The van der Waals surface area contributed by atoms with Crippen LogP contribution in [0.2, 0.25) is 0 Å². The van der Waals surface area contributed by atoms with Gasteiger partial charge in [0.2, 0.25) is 0 Å². The van der Waals surface area contributed by atoms with Gasteiger partial charge in [0.15, 0.2) is 5.03 Å². The summed E-state index contributed by atoms with van der Waals surface area (Å²) >= 11 is 0. The van der Waals surface area contributed by atoms with E-state index in [4.69, 9.17) is 5.14 Å². The van der Waals surface area contributed by atoms with Crippen LogP contribution in [0.3, 0.4) is 0 Å². The topological polar surface area (TPSA) is 85.4 Å². The van der Waals surface area contributed by atoms with E-state index < -0.39 is 10.0 Å². The summed E-state index contributed by atoms with van der Waals surface area (Å²) in [5.41, 5.74) is 0.425. The first-order chi connectivity index (χ1) is 5.54. The highest BCUT2D eigenvalue weighted by Gasteiger charge is 2.08. The number of pyridine rings is 1. The maximum absolute atomic E-state index is 10.8. The third kappa shape index (κ3) is 1.86. The van der Waals surface area contributed by atoms with Gasteiger partial charge in [0.05, 0.1) is 5.69 Å². The van der Waals surface area contributed by atoms with E-state index in [-0.39, 0.29) is 5.03 Å². The van der Waals surface area contributed by atoms with Crippen molar-refractivity contribution < 1.29 is 8.42 Å². The van der Waals surface area contributed by atoms with Crippen molar-refractivity contribution in [1.29, 1.82) is 0 Å². The van der Waals surface area contributed by atoms with Crippen LogP contribution < -0.4 is 5.14 Å². The van der Waals surface area contributed by atoms with Crippen LogP contribution in [0.4, 0.5) is 5.69 Å². The highest BCUT2D eigenvalue weighted by Crippen LogP contribution is 2.12. The number of aromatic nitrogens is 1. The lowest BCUT2D eigenvalue weighted by Crippen LogP contribution is -2.13. The number of nitrogens with zero attached hydrogens (tertiary/aromatic N) is 2. The molecule has 0 unspecified atom stereocenters. The molecule has 0 aliphatic rings. The predicted octanol–water partition coefficient (Wildman–Crippen LogP) is 0.0611. The highest BCUT2D eigenvalue weighted by atomic mass is 32.2. The van der Waals surface area contributed by atoms with Gasteiger partial charge in [-0.2, -0.15) is 0 Å². The molecule has 5 nitrogen and oxygen atoms in total. The first kappa shape index (κ1) is 8.82. The lowest BCUT2D eigenvalue weighted by Gasteiger charge is -1.96. The zero-order chi connectivity index (χ0) is 9.19. The Morgan fingerprint density at radius 3 is 2.75 bits per heavy atom. The number of rotatable bonds is 2. The van der Waals surface area contributed by atoms with Crippen molar-refractivity contribution in [2.24, 2.45) is 10.1 Å². The fourth-order valence-corrected chi connectivity index (χ4v) is 1.15. The number of aliphatic imine (C=N–C) groups is 1. The zero-order valence-corrected chi connectivity index (χ0v) is 6.95. The Balaban J connectivity index is 3.29. The van der Waals surface area contributed by atoms with Gasteiger partial charge in [-0.1, -0.05) is 0 Å². The summed E-state index contributed by atoms with van der Waals surface area (Å²) in [7, 11) is -3.73. The number of sulfonamides is 1. The largest absolute Gasteiger partial charge is 0.265 e. The van der Waals surface area contributed by atoms with Crippen molar-refractivity contribution in [2.75, 3.05) is 0 Å². The molecule has 0 radical (unpaired) electrons. The summed E-state index contributed by atoms with van der Waals surface area (Å²) in [6.45, 7) is 3.24. The smallest absolute Gasteiger partial charge is 0.255 e. The van der Waals surface area contributed by atoms with Gasteiger partial charge in [-0.3, -0.25) is 4.99 Å². The van der Waals surface area contributed by atoms with Crippen LogP contribution in [-0.4, -0.2) is 20.1 Å². The quantitative estimate of drug-likeness (QED) is 0.661. The van der Waals surface area contributed by atoms with Crippen molar-refractivity contribution in [1.82, 2.24) is 4.98 Å². The Morgan fingerprint density at radius 2 is 2.25 bits per heavy atom. The average molecular weight is 185 g/mol. The molecule has 0 saturated carbocycles. The van der Waals surface area contributed by atoms with Crippen LogP contribution >= 0.6 is 0 Å². The molecule has 0 aliphatic heterocycles. The van der Waals surface area contributed by atoms with Crippen molar-refractivity contribution in [2.45, 2.75) is 5.03 Å². The molecule has 2 N–H and O–H groups in total. The summed E-state index contributed by atoms with van der Waals surface area (Å²) in [5, 5.41) is 4.63. The second-order valence-corrected chi connectivity index (χ2v) is 3.56. The third-order valence-electron chi connectivity index (χ3n) is 1.19. The van der Waals surface area contributed by atoms with Crippen molar-refractivity contribution in [3.05, 3.63) is 18.3 Å². The van der Waals surface area contributed by atoms with Gasteiger partial charge in [0.25, 0.3) is 10.0 Å². The lowest BCUT2D eigenvalue weighted by atomic mass is 10.4. The second kappa shape index (κ2) is 3.00. The fourth-order valence-electron chi connectivity index (χ4n) is 0.653. The van der Waals surface area contributed by atoms with Gasteiger partial charge in [-0.25, -0.2) is 18.5 Å². The van der Waals surface area contributed by atoms with Gasteiger partial charge in [-0.15, -0.1) is 0 Å². The van der Waals surface area contributed by atoms with E-state index in [1.165, 1.54) is 18.3 Å². The van der Waals surface area contributed by atoms with E-state index in [0.29, 0.717) is 5.69 Å². The number of nitrogens with two attached hydrogens (primary N) is 1. The maximum Gasteiger partial charge on any atom is 0.255 e. The van der Waals surface area contributed by atoms with Gasteiger partial charge < -0.3 is 0 Å². The monoisotopic (exact) mass is 185 g/mol. The predicted molar refractivity (Wildman–Crippen MR) is 44.8 cm³/mol. The van der Waals surface area contributed by atoms with Crippen molar-refractivity contribution >= 4 is 22.4 Å². The molecule has 1 rings (SSSR count). The van der Waals surface area contributed by atoms with Crippen LogP contribution in [0.1, 0.15) is 0 Å². The zero-order valence-electron chi connectivity index (χ0n) is 6.14. The van der Waals surface area contributed by atoms with Gasteiger partial charge in [0.1, 0.15) is 0 Å². The molecular formula is C6H7N3O2S. The molecule has 12 heavy (non-hydrogen) atoms. The Bertz CT molecular complexity index is 399. The summed E-state index contributed by atoms with van der Waals surface area (Å²) in [5.74, 6) is 0. The Labute approximate surface area is 70.0 Å². The van der Waals surface area contributed by atoms with Crippen LogP contribution in [0, 0.1) is 0 Å². The standard InChI is InChI=1S/C6H7N3O2S/c1-8-5-2-3-9-6(4-5)12(7,10)11/h2-4H,1H2,(H2,7,10,11). The van der Waals surface area contributed by atoms with E-state index in [2.05, 4.69) is 16.7 Å². The summed E-state index contributed by atoms with van der Waals surface area (Å²) < 4.78 is 21.5. The van der Waals surface area contributed by atoms with E-state index in [9.17, 15) is 8.42 Å². The Kier molecular flexibility index (Phi) is 2.20. The highest BCUT2D eigenvalue weighted by molar-refractivity contribution is 7.89. The first-order valence-electron chi connectivity index (χ1n) is 2.99. The van der Waals surface area contributed by atoms with Crippen molar-refractivity contribution in [3.8, 4) is 0 Å². The molecule has 6 heteroatoms. The second-order valence-electron chi connectivity index (χ2n) is 2.06. The molecule has 0 amide bonds. The molecule has 0 bridgehead atoms. The van der Waals surface area contributed by atoms with E-state index in [1.807, 2.05) is 0 Å². The molecule has 1 aromatic rings. The summed E-state index contributed by atoms with van der Waals surface area (Å²) in [6, 6.07) is 2.78. The van der Waals surface area contributed by atoms with Crippen molar-refractivity contribution in [3.63, 3.8) is 0 Å². The normalized spacial score (nSPS) is 11.1. The van der Waals surface area contributed by atoms with Crippen LogP contribution in [0.25, 0.3) is 0 Å². The Morgan fingerprint density at radius 1 is 1.58 bits per heavy atom. The molecule has 0 fully saturated rings. The fraction of sp³-hybridized carbons (Fsp3) is 0. The number of hydrogen-bond acceptors (Lipinski definition) is 4. The molecule has 1 aromatic heterocycles. The van der Waals surface area contributed by atoms with E-state index in [0.717, 1.165) is 0 Å². The average Bonchev–Trinajstić information content (AvgIpc) is 2.03. The van der Waals surface area contributed by atoms with Crippen LogP contribution in [-0.2, 0) is 10.0 Å². The third-order valence-corrected chi connectivity index (χ3v) is 2.00. The molecule has 0 aliphatic carbocycles. The number of hydrogen-bond donors (Lipinski definition) is 1. The minimum atomic E-state index is -3.73. The van der Waals surface area contributed by atoms with Crippen LogP contribution in [0.5, 0.6) is 0 Å². The number of primary sulfonamides is 1. The lowest BCUT2D eigenvalue weighted by molar-refractivity contribution is 0.594. The first-order valence-corrected chi connectivity index (χ1v) is 4.54. The van der Waals surface area contributed by atoms with Crippen LogP contribution in [0.15, 0.2) is 28.3 Å². The summed E-state index contributed by atoms with van der Waals surface area (Å²) in [6.07, 6.45) is 1.31. The summed E-state index contributed by atoms with van der Waals surface area (Å²) in [4.78, 5) is 7.09. The molecule has 0 spiro atoms. The Hall–Kier alpha value is -1.27. The minimum absolute atomic E-state index is 0.201. The molecule has 0 saturated heterocycles. The molecule has 0 aromatic carbocycles. The molecular weight excluding hydrogens is 178 g/mol. The molecule has 0 atom stereocenters. The van der Waals surface area contributed by atoms with Gasteiger partial charge in [-0.05, 0) is 12.8 Å². The van der Waals surface area contributed by atoms with E-state index in [1.54, 1.807) is 0 Å². The van der Waals surface area contributed by atoms with E-state index >= 15 is 0 Å². The van der Waals surface area contributed by atoms with Gasteiger partial charge >= 0.3 is 0 Å². The SMILES string of the molecule is C=Nc1ccnc(S(N)(=O)=O)c1. The minimum Gasteiger partial charge on any atom is -0.265 e. The molecule has 1 heterocycles. The molecule has 64 valence electrons. The maximum atomic E-state index is 10.8.